The molecule has 3 fully saturated rings. The molecular weight excluding hydrogens is 421 g/mol. The van der Waals surface area contributed by atoms with Crippen molar-refractivity contribution in [2.75, 3.05) is 72.2 Å². The zero-order valence-electron chi connectivity index (χ0n) is 19.3. The number of ether oxygens (including phenoxy) is 3. The van der Waals surface area contributed by atoms with Crippen LogP contribution in [0.3, 0.4) is 0 Å². The topological polar surface area (TPSA) is 92.8 Å². The molecule has 5 unspecified atom stereocenters. The maximum atomic E-state index is 14.4. The molecule has 0 bridgehead atoms. The summed E-state index contributed by atoms with van der Waals surface area (Å²) in [5.74, 6) is 0.0443. The van der Waals surface area contributed by atoms with Crippen molar-refractivity contribution in [2.45, 2.75) is 38.1 Å². The minimum absolute atomic E-state index is 0.0443. The molecule has 0 aromatic heterocycles. The van der Waals surface area contributed by atoms with Crippen LogP contribution in [0.2, 0.25) is 0 Å². The molecule has 3 aliphatic heterocycles. The lowest BCUT2D eigenvalue weighted by atomic mass is 9.98. The predicted molar refractivity (Wildman–Crippen MR) is 123 cm³/mol. The van der Waals surface area contributed by atoms with Crippen molar-refractivity contribution in [1.29, 1.82) is 0 Å². The minimum Gasteiger partial charge on any atom is -0.379 e. The smallest absolute Gasteiger partial charge is 0.346 e. The van der Waals surface area contributed by atoms with Gasteiger partial charge in [-0.15, -0.1) is 0 Å². The van der Waals surface area contributed by atoms with E-state index in [1.807, 2.05) is 32.0 Å². The van der Waals surface area contributed by atoms with Gasteiger partial charge in [-0.05, 0) is 6.92 Å². The highest BCUT2D eigenvalue weighted by Crippen LogP contribution is 2.55. The highest BCUT2D eigenvalue weighted by Gasteiger charge is 2.44. The summed E-state index contributed by atoms with van der Waals surface area (Å²) in [4.78, 5) is 13.5. The summed E-state index contributed by atoms with van der Waals surface area (Å²) in [7, 11) is 0.666. The van der Waals surface area contributed by atoms with E-state index in [-0.39, 0.29) is 36.7 Å². The highest BCUT2D eigenvalue weighted by atomic mass is 31.2. The molecule has 3 aliphatic rings. The summed E-state index contributed by atoms with van der Waals surface area (Å²) in [6.45, 7) is 9.45. The number of morpholine rings is 2. The van der Waals surface area contributed by atoms with Crippen LogP contribution < -0.4 is 5.32 Å². The molecule has 0 aromatic rings. The Labute approximate surface area is 187 Å². The first-order chi connectivity index (χ1) is 14.8. The molecule has 0 spiro atoms. The molecule has 0 radical (unpaired) electrons. The van der Waals surface area contributed by atoms with E-state index in [1.165, 1.54) is 0 Å². The summed E-state index contributed by atoms with van der Waals surface area (Å²) in [6.07, 6.45) is -0.306. The first-order valence-corrected chi connectivity index (χ1v) is 12.9. The third-order valence-corrected chi connectivity index (χ3v) is 8.53. The first-order valence-electron chi connectivity index (χ1n) is 11.4. The monoisotopic (exact) mass is 458 g/mol. The fourth-order valence-electron chi connectivity index (χ4n) is 4.33. The number of amides is 1. The van der Waals surface area contributed by atoms with Gasteiger partial charge < -0.3 is 29.0 Å². The molecule has 3 rings (SSSR count). The molecule has 5 atom stereocenters. The van der Waals surface area contributed by atoms with Gasteiger partial charge in [0, 0.05) is 77.9 Å². The summed E-state index contributed by atoms with van der Waals surface area (Å²) in [6, 6.07) is 0.0158. The lowest BCUT2D eigenvalue weighted by Crippen LogP contribution is -2.54. The van der Waals surface area contributed by atoms with E-state index in [0.29, 0.717) is 59.0 Å². The van der Waals surface area contributed by atoms with Gasteiger partial charge in [-0.3, -0.25) is 9.36 Å². The van der Waals surface area contributed by atoms with E-state index < -0.39 is 7.67 Å². The summed E-state index contributed by atoms with van der Waals surface area (Å²) < 4.78 is 42.1. The number of carbonyl (C=O) groups is 1. The van der Waals surface area contributed by atoms with Crippen LogP contribution in [0.5, 0.6) is 0 Å². The average molecular weight is 458 g/mol. The molecule has 10 nitrogen and oxygen atoms in total. The number of hydrogen-bond acceptors (Lipinski definition) is 7. The Balaban J connectivity index is 1.73. The van der Waals surface area contributed by atoms with Crippen LogP contribution in [0, 0.1) is 0 Å². The normalized spacial score (nSPS) is 33.2. The second-order valence-corrected chi connectivity index (χ2v) is 10.9. The molecule has 3 heterocycles. The van der Waals surface area contributed by atoms with E-state index in [2.05, 4.69) is 5.32 Å². The Bertz CT molecular complexity index is 642. The van der Waals surface area contributed by atoms with Gasteiger partial charge in [0.25, 0.3) is 0 Å². The van der Waals surface area contributed by atoms with Gasteiger partial charge in [-0.25, -0.2) is 9.34 Å². The maximum Gasteiger partial charge on any atom is 0.346 e. The second-order valence-electron chi connectivity index (χ2n) is 8.57. The third-order valence-electron chi connectivity index (χ3n) is 5.89. The quantitative estimate of drug-likeness (QED) is 0.325. The molecule has 1 N–H and O–H groups in total. The molecule has 0 saturated carbocycles. The van der Waals surface area contributed by atoms with Crippen molar-refractivity contribution in [3.63, 3.8) is 0 Å². The number of rotatable bonds is 8. The zero-order chi connectivity index (χ0) is 22.4. The van der Waals surface area contributed by atoms with Crippen molar-refractivity contribution < 1.29 is 28.1 Å². The maximum absolute atomic E-state index is 14.4. The van der Waals surface area contributed by atoms with E-state index >= 15 is 0 Å². The molecule has 13 heteroatoms. The minimum atomic E-state index is -3.33. The van der Waals surface area contributed by atoms with Crippen LogP contribution in [0.15, 0.2) is 0 Å². The third kappa shape index (κ3) is 6.77. The van der Waals surface area contributed by atoms with Crippen LogP contribution in [0.1, 0.15) is 13.8 Å². The van der Waals surface area contributed by atoms with Crippen molar-refractivity contribution in [2.24, 2.45) is 0 Å². The average Bonchev–Trinajstić information content (AvgIpc) is 2.76. The Morgan fingerprint density at radius 2 is 1.74 bits per heavy atom. The Kier molecular flexibility index (Phi) is 9.43. The van der Waals surface area contributed by atoms with Gasteiger partial charge in [0.05, 0.1) is 25.4 Å². The lowest BCUT2D eigenvalue weighted by Gasteiger charge is -2.46. The first kappa shape index (κ1) is 25.2. The predicted octanol–water partition coefficient (Wildman–Crippen LogP) is -2.08. The van der Waals surface area contributed by atoms with Crippen molar-refractivity contribution >= 4 is 29.3 Å². The lowest BCUT2D eigenvalue weighted by molar-refractivity contribution is -0.130. The number of carbonyl (C=O) groups excluding carboxylic acids is 1. The van der Waals surface area contributed by atoms with Gasteiger partial charge in [-0.2, -0.15) is 0 Å². The van der Waals surface area contributed by atoms with E-state index in [1.54, 1.807) is 11.8 Å². The fraction of sp³-hybridized carbons (Fsp3) is 0.944. The number of nitrogens with one attached hydrogen (secondary N) is 1. The Morgan fingerprint density at radius 3 is 2.39 bits per heavy atom. The largest absolute Gasteiger partial charge is 0.379 e. The van der Waals surface area contributed by atoms with Gasteiger partial charge in [0.15, 0.2) is 0 Å². The molecule has 31 heavy (non-hydrogen) atoms. The van der Waals surface area contributed by atoms with E-state index in [0.717, 1.165) is 6.54 Å². The van der Waals surface area contributed by atoms with Crippen LogP contribution in [-0.4, -0.2) is 132 Å². The molecule has 1 amide bonds. The summed E-state index contributed by atoms with van der Waals surface area (Å²) >= 11 is 0. The van der Waals surface area contributed by atoms with Crippen LogP contribution in [-0.2, 0) is 28.1 Å². The van der Waals surface area contributed by atoms with Gasteiger partial charge in [0.1, 0.15) is 15.7 Å². The van der Waals surface area contributed by atoms with Crippen LogP contribution in [0.4, 0.5) is 0 Å². The van der Waals surface area contributed by atoms with Crippen molar-refractivity contribution in [1.82, 2.24) is 19.6 Å². The van der Waals surface area contributed by atoms with Gasteiger partial charge in [-0.1, -0.05) is 0 Å². The Morgan fingerprint density at radius 1 is 1.03 bits per heavy atom. The number of piperazine rings is 1. The molecule has 0 aliphatic carbocycles. The number of hydrogen-bond donors (Lipinski definition) is 1. The molecule has 0 aromatic carbocycles. The van der Waals surface area contributed by atoms with Crippen molar-refractivity contribution in [3.05, 3.63) is 0 Å². The van der Waals surface area contributed by atoms with Crippen LogP contribution >= 0.6 is 7.67 Å². The van der Waals surface area contributed by atoms with Crippen molar-refractivity contribution in [3.8, 4) is 0 Å². The molecule has 176 valence electrons. The Hall–Kier alpha value is -0.450. The summed E-state index contributed by atoms with van der Waals surface area (Å²) in [5.41, 5.74) is 0. The summed E-state index contributed by atoms with van der Waals surface area (Å²) in [5, 5.41) is 3.33. The van der Waals surface area contributed by atoms with Crippen LogP contribution in [0.25, 0.3) is 0 Å². The molecule has 3 saturated heterocycles. The van der Waals surface area contributed by atoms with Gasteiger partial charge >= 0.3 is 7.67 Å². The van der Waals surface area contributed by atoms with Gasteiger partial charge in [0.2, 0.25) is 5.91 Å². The second kappa shape index (κ2) is 11.6. The fourth-order valence-corrected chi connectivity index (χ4v) is 6.88. The molecular formula is C18H37B2N4O6P. The highest BCUT2D eigenvalue weighted by molar-refractivity contribution is 7.54. The SMILES string of the molecule is BC1CNCC(COP(=O)(N2CCN(C(C)=O)CC2)N2CC(B)OC(COCC)C2)O1. The van der Waals surface area contributed by atoms with E-state index in [4.69, 9.17) is 18.7 Å². The van der Waals surface area contributed by atoms with E-state index in [9.17, 15) is 9.36 Å². The zero-order valence-corrected chi connectivity index (χ0v) is 20.2. The number of nitrogens with zero attached hydrogens (tertiary/aromatic N) is 3. The standard InChI is InChI=1S/C18H37B2N4O6P/c1-3-27-12-16-10-24(11-18(20)30-16)31(26,23-6-4-22(5-7-23)14(2)25)28-13-15-8-21-9-17(19)29-15/h15-18,21H,3-13,19-20H2,1-2H3.